The second-order valence-corrected chi connectivity index (χ2v) is 4.38. The summed E-state index contributed by atoms with van der Waals surface area (Å²) in [5, 5.41) is 3.19. The molecule has 2 radical (unpaired) electrons. The first-order valence-electron chi connectivity index (χ1n) is 4.73. The number of rotatable bonds is 2. The van der Waals surface area contributed by atoms with Crippen molar-refractivity contribution in [1.82, 2.24) is 5.32 Å². The summed E-state index contributed by atoms with van der Waals surface area (Å²) in [7, 11) is 5.62. The van der Waals surface area contributed by atoms with Gasteiger partial charge in [0.15, 0.2) is 0 Å². The van der Waals surface area contributed by atoms with Gasteiger partial charge in [0, 0.05) is 19.1 Å². The van der Waals surface area contributed by atoms with E-state index in [0.717, 1.165) is 13.1 Å². The number of ether oxygens (including phenoxy) is 2. The van der Waals surface area contributed by atoms with Crippen LogP contribution in [0.3, 0.4) is 0 Å². The second-order valence-electron chi connectivity index (χ2n) is 4.38. The predicted octanol–water partition coefficient (Wildman–Crippen LogP) is 0.284. The normalized spacial score (nSPS) is 30.4. The van der Waals surface area contributed by atoms with Gasteiger partial charge in [-0.2, -0.15) is 0 Å². The van der Waals surface area contributed by atoms with Gasteiger partial charge in [0.2, 0.25) is 0 Å². The fourth-order valence-electron chi connectivity index (χ4n) is 1.17. The maximum absolute atomic E-state index is 5.62. The van der Waals surface area contributed by atoms with Gasteiger partial charge in [-0.05, 0) is 20.8 Å². The van der Waals surface area contributed by atoms with Crippen LogP contribution < -0.4 is 5.32 Å². The Morgan fingerprint density at radius 3 is 2.69 bits per heavy atom. The van der Waals surface area contributed by atoms with Crippen LogP contribution in [-0.4, -0.2) is 45.3 Å². The molecule has 1 saturated heterocycles. The molecular weight excluding hydrogens is 165 g/mol. The van der Waals surface area contributed by atoms with Crippen LogP contribution in [0.1, 0.15) is 20.8 Å². The molecule has 0 aromatic heterocycles. The molecular formula is C9H18BNO2. The van der Waals surface area contributed by atoms with Crippen LogP contribution in [0.25, 0.3) is 0 Å². The van der Waals surface area contributed by atoms with Gasteiger partial charge < -0.3 is 14.8 Å². The van der Waals surface area contributed by atoms with E-state index in [9.17, 15) is 0 Å². The Kier molecular flexibility index (Phi) is 3.77. The molecule has 1 heterocycles. The number of nitrogens with one attached hydrogen (secondary N) is 1. The van der Waals surface area contributed by atoms with E-state index in [1.807, 2.05) is 20.8 Å². The van der Waals surface area contributed by atoms with Crippen LogP contribution in [0.5, 0.6) is 0 Å². The zero-order chi connectivity index (χ0) is 9.90. The Labute approximate surface area is 81.6 Å². The molecule has 1 aliphatic rings. The van der Waals surface area contributed by atoms with Gasteiger partial charge >= 0.3 is 0 Å². The lowest BCUT2D eigenvalue weighted by molar-refractivity contribution is -0.0893. The van der Waals surface area contributed by atoms with Crippen molar-refractivity contribution in [3.63, 3.8) is 0 Å². The molecule has 4 heteroatoms. The summed E-state index contributed by atoms with van der Waals surface area (Å²) >= 11 is 0. The second kappa shape index (κ2) is 4.44. The summed E-state index contributed by atoms with van der Waals surface area (Å²) in [6.45, 7) is 8.25. The van der Waals surface area contributed by atoms with E-state index in [1.54, 1.807) is 0 Å². The van der Waals surface area contributed by atoms with E-state index in [4.69, 9.17) is 17.3 Å². The molecule has 0 spiro atoms. The first-order valence-corrected chi connectivity index (χ1v) is 4.73. The minimum Gasteiger partial charge on any atom is -0.380 e. The lowest BCUT2D eigenvalue weighted by Gasteiger charge is -2.31. The highest BCUT2D eigenvalue weighted by molar-refractivity contribution is 6.11. The minimum absolute atomic E-state index is 0.0861. The molecule has 1 unspecified atom stereocenters. The Hall–Kier alpha value is -0.0551. The van der Waals surface area contributed by atoms with Crippen molar-refractivity contribution in [1.29, 1.82) is 0 Å². The molecule has 1 rings (SSSR count). The van der Waals surface area contributed by atoms with Crippen LogP contribution in [0, 0.1) is 0 Å². The van der Waals surface area contributed by atoms with E-state index >= 15 is 0 Å². The quantitative estimate of drug-likeness (QED) is 0.624. The van der Waals surface area contributed by atoms with Gasteiger partial charge in [-0.3, -0.25) is 0 Å². The molecule has 1 fully saturated rings. The summed E-state index contributed by atoms with van der Waals surface area (Å²) in [6, 6.07) is -0.192. The zero-order valence-corrected chi connectivity index (χ0v) is 8.67. The SMILES string of the molecule is [B][C@H]1CNCC(COC(C)(C)C)O1. The Morgan fingerprint density at radius 2 is 2.15 bits per heavy atom. The number of morpholine rings is 1. The molecule has 0 amide bonds. The third-order valence-electron chi connectivity index (χ3n) is 1.79. The van der Waals surface area contributed by atoms with Crippen molar-refractivity contribution in [2.75, 3.05) is 19.7 Å². The lowest BCUT2D eigenvalue weighted by atomic mass is 9.98. The number of hydrogen-bond acceptors (Lipinski definition) is 3. The molecule has 1 N–H and O–H groups in total. The van der Waals surface area contributed by atoms with Gasteiger partial charge in [-0.15, -0.1) is 0 Å². The van der Waals surface area contributed by atoms with E-state index in [2.05, 4.69) is 5.32 Å². The third-order valence-corrected chi connectivity index (χ3v) is 1.79. The predicted molar refractivity (Wildman–Crippen MR) is 53.0 cm³/mol. The molecule has 0 saturated carbocycles. The highest BCUT2D eigenvalue weighted by Gasteiger charge is 2.20. The zero-order valence-electron chi connectivity index (χ0n) is 8.67. The van der Waals surface area contributed by atoms with Crippen LogP contribution in [-0.2, 0) is 9.47 Å². The Morgan fingerprint density at radius 1 is 1.46 bits per heavy atom. The maximum atomic E-state index is 5.62. The topological polar surface area (TPSA) is 30.5 Å². The summed E-state index contributed by atoms with van der Waals surface area (Å²) < 4.78 is 11.1. The molecule has 0 bridgehead atoms. The molecule has 0 aliphatic carbocycles. The van der Waals surface area contributed by atoms with Gasteiger partial charge in [0.05, 0.1) is 18.3 Å². The van der Waals surface area contributed by atoms with Crippen LogP contribution in [0.15, 0.2) is 0 Å². The van der Waals surface area contributed by atoms with Gasteiger partial charge in [0.25, 0.3) is 0 Å². The molecule has 0 aromatic carbocycles. The first-order chi connectivity index (χ1) is 5.97. The molecule has 74 valence electrons. The van der Waals surface area contributed by atoms with Crippen molar-refractivity contribution in [2.24, 2.45) is 0 Å². The highest BCUT2D eigenvalue weighted by atomic mass is 16.5. The Bertz CT molecular complexity index is 158. The minimum atomic E-state index is -0.192. The molecule has 2 atom stereocenters. The summed E-state index contributed by atoms with van der Waals surface area (Å²) in [5.74, 6) is 0. The Balaban J connectivity index is 2.21. The standard InChI is InChI=1S/C9H18BNO2/c1-9(2,3)12-6-7-4-11-5-8(10)13-7/h7-8,11H,4-6H2,1-3H3/t7?,8-/m1/s1. The van der Waals surface area contributed by atoms with E-state index < -0.39 is 0 Å². The summed E-state index contributed by atoms with van der Waals surface area (Å²) in [4.78, 5) is 0. The fourth-order valence-corrected chi connectivity index (χ4v) is 1.17. The van der Waals surface area contributed by atoms with E-state index in [-0.39, 0.29) is 17.7 Å². The van der Waals surface area contributed by atoms with Crippen molar-refractivity contribution in [3.05, 3.63) is 0 Å². The molecule has 3 nitrogen and oxygen atoms in total. The van der Waals surface area contributed by atoms with Crippen molar-refractivity contribution >= 4 is 7.85 Å². The maximum Gasteiger partial charge on any atom is 0.110 e. The van der Waals surface area contributed by atoms with Crippen LogP contribution in [0.4, 0.5) is 0 Å². The summed E-state index contributed by atoms with van der Waals surface area (Å²) in [5.41, 5.74) is -0.106. The average Bonchev–Trinajstić information content (AvgIpc) is 2.00. The molecule has 1 aliphatic heterocycles. The fraction of sp³-hybridized carbons (Fsp3) is 1.00. The lowest BCUT2D eigenvalue weighted by Crippen LogP contribution is -2.47. The average molecular weight is 183 g/mol. The monoisotopic (exact) mass is 183 g/mol. The van der Waals surface area contributed by atoms with Crippen molar-refractivity contribution in [2.45, 2.75) is 38.5 Å². The highest BCUT2D eigenvalue weighted by Crippen LogP contribution is 2.09. The summed E-state index contributed by atoms with van der Waals surface area (Å²) in [6.07, 6.45) is 0.0861. The van der Waals surface area contributed by atoms with E-state index in [0.29, 0.717) is 6.61 Å². The van der Waals surface area contributed by atoms with Crippen LogP contribution >= 0.6 is 0 Å². The largest absolute Gasteiger partial charge is 0.380 e. The van der Waals surface area contributed by atoms with E-state index in [1.165, 1.54) is 0 Å². The van der Waals surface area contributed by atoms with Gasteiger partial charge in [-0.1, -0.05) is 0 Å². The third kappa shape index (κ3) is 4.65. The van der Waals surface area contributed by atoms with Gasteiger partial charge in [0.1, 0.15) is 7.85 Å². The smallest absolute Gasteiger partial charge is 0.110 e. The van der Waals surface area contributed by atoms with Crippen molar-refractivity contribution < 1.29 is 9.47 Å². The number of hydrogen-bond donors (Lipinski definition) is 1. The van der Waals surface area contributed by atoms with Gasteiger partial charge in [-0.25, -0.2) is 0 Å². The molecule has 0 aromatic rings. The van der Waals surface area contributed by atoms with Crippen molar-refractivity contribution in [3.8, 4) is 0 Å². The first kappa shape index (κ1) is 11.0. The van der Waals surface area contributed by atoms with Crippen LogP contribution in [0.2, 0.25) is 0 Å². The molecule has 13 heavy (non-hydrogen) atoms.